The summed E-state index contributed by atoms with van der Waals surface area (Å²) in [7, 11) is 2.15. The van der Waals surface area contributed by atoms with Crippen LogP contribution in [0.5, 0.6) is 0 Å². The van der Waals surface area contributed by atoms with Crippen molar-refractivity contribution in [1.82, 2.24) is 20.0 Å². The number of carbonyl (C=O) groups excluding carboxylic acids is 1. The summed E-state index contributed by atoms with van der Waals surface area (Å²) >= 11 is 0. The average molecular weight is 571 g/mol. The van der Waals surface area contributed by atoms with Gasteiger partial charge < -0.3 is 20.0 Å². The number of guanidine groups is 1. The minimum atomic E-state index is -0.0172. The highest BCUT2D eigenvalue weighted by Gasteiger charge is 2.30. The molecular weight excluding hydrogens is 527 g/mol. The molecule has 2 saturated heterocycles. The van der Waals surface area contributed by atoms with Crippen LogP contribution < -0.4 is 10.2 Å². The molecule has 2 aliphatic heterocycles. The Kier molecular flexibility index (Phi) is 12.3. The third-order valence-corrected chi connectivity index (χ3v) is 6.63. The number of anilines is 1. The van der Waals surface area contributed by atoms with E-state index in [9.17, 15) is 4.79 Å². The molecule has 0 aliphatic carbocycles. The second-order valence-corrected chi connectivity index (χ2v) is 8.93. The summed E-state index contributed by atoms with van der Waals surface area (Å²) in [5.41, 5.74) is 1.26. The van der Waals surface area contributed by atoms with Crippen LogP contribution in [-0.4, -0.2) is 98.6 Å². The summed E-state index contributed by atoms with van der Waals surface area (Å²) in [4.78, 5) is 26.7. The standard InChI is InChI=1S/C25H42N6O.HI/c1-4-26-25(27-14-8-9-15-28(3)23-12-6-5-7-13-23)31-20-18-29(19-21-31)22(2)24(32)30-16-10-11-17-30;/h5-7,12-13,22H,4,8-11,14-21H2,1-3H3,(H,26,27);1H. The molecule has 186 valence electrons. The maximum absolute atomic E-state index is 12.7. The number of para-hydroxylation sites is 1. The van der Waals surface area contributed by atoms with Crippen molar-refractivity contribution in [2.45, 2.75) is 45.6 Å². The zero-order valence-electron chi connectivity index (χ0n) is 20.7. The lowest BCUT2D eigenvalue weighted by atomic mass is 10.2. The van der Waals surface area contributed by atoms with Crippen molar-refractivity contribution in [2.75, 3.05) is 70.9 Å². The summed E-state index contributed by atoms with van der Waals surface area (Å²) in [6.45, 7) is 12.5. The van der Waals surface area contributed by atoms with Gasteiger partial charge in [-0.05, 0) is 51.7 Å². The molecule has 1 aromatic rings. The van der Waals surface area contributed by atoms with Gasteiger partial charge >= 0.3 is 0 Å². The highest BCUT2D eigenvalue weighted by molar-refractivity contribution is 14.0. The van der Waals surface area contributed by atoms with E-state index in [-0.39, 0.29) is 30.0 Å². The van der Waals surface area contributed by atoms with Crippen molar-refractivity contribution in [2.24, 2.45) is 4.99 Å². The van der Waals surface area contributed by atoms with E-state index in [1.807, 2.05) is 4.90 Å². The molecule has 2 aliphatic rings. The molecule has 1 aromatic carbocycles. The number of hydrogen-bond acceptors (Lipinski definition) is 4. The Morgan fingerprint density at radius 2 is 1.70 bits per heavy atom. The highest BCUT2D eigenvalue weighted by Crippen LogP contribution is 2.14. The Balaban J connectivity index is 0.00000385. The Morgan fingerprint density at radius 3 is 2.33 bits per heavy atom. The Morgan fingerprint density at radius 1 is 1.03 bits per heavy atom. The van der Waals surface area contributed by atoms with Gasteiger partial charge in [0.2, 0.25) is 5.91 Å². The third kappa shape index (κ3) is 8.31. The number of aliphatic imine (C=N–C) groups is 1. The molecule has 8 heteroatoms. The van der Waals surface area contributed by atoms with Crippen molar-refractivity contribution in [1.29, 1.82) is 0 Å². The minimum absolute atomic E-state index is 0. The molecule has 3 rings (SSSR count). The van der Waals surface area contributed by atoms with Gasteiger partial charge in [0.1, 0.15) is 0 Å². The first-order chi connectivity index (χ1) is 15.6. The van der Waals surface area contributed by atoms with E-state index in [0.29, 0.717) is 5.91 Å². The molecule has 1 unspecified atom stereocenters. The van der Waals surface area contributed by atoms with Crippen LogP contribution in [0.4, 0.5) is 5.69 Å². The number of carbonyl (C=O) groups is 1. The van der Waals surface area contributed by atoms with Crippen LogP contribution in [0, 0.1) is 0 Å². The maximum atomic E-state index is 12.7. The van der Waals surface area contributed by atoms with Crippen molar-refractivity contribution in [3.63, 3.8) is 0 Å². The number of rotatable bonds is 9. The highest BCUT2D eigenvalue weighted by atomic mass is 127. The molecule has 0 aromatic heterocycles. The first kappa shape index (κ1) is 27.7. The summed E-state index contributed by atoms with van der Waals surface area (Å²) < 4.78 is 0. The predicted molar refractivity (Wildman–Crippen MR) is 149 cm³/mol. The van der Waals surface area contributed by atoms with E-state index >= 15 is 0 Å². The smallest absolute Gasteiger partial charge is 0.239 e. The lowest BCUT2D eigenvalue weighted by molar-refractivity contribution is -0.135. The lowest BCUT2D eigenvalue weighted by Gasteiger charge is -2.39. The SMILES string of the molecule is CCNC(=NCCCCN(C)c1ccccc1)N1CCN(C(C)C(=O)N2CCCC2)CC1.I. The number of halogens is 1. The molecule has 0 radical (unpaired) electrons. The maximum Gasteiger partial charge on any atom is 0.239 e. The molecular formula is C25H43IN6O. The lowest BCUT2D eigenvalue weighted by Crippen LogP contribution is -2.57. The van der Waals surface area contributed by atoms with E-state index in [2.05, 4.69) is 71.2 Å². The van der Waals surface area contributed by atoms with E-state index in [4.69, 9.17) is 4.99 Å². The van der Waals surface area contributed by atoms with E-state index in [0.717, 1.165) is 90.5 Å². The molecule has 33 heavy (non-hydrogen) atoms. The fraction of sp³-hybridized carbons (Fsp3) is 0.680. The van der Waals surface area contributed by atoms with Crippen LogP contribution in [-0.2, 0) is 4.79 Å². The molecule has 2 fully saturated rings. The van der Waals surface area contributed by atoms with Crippen LogP contribution in [0.15, 0.2) is 35.3 Å². The topological polar surface area (TPSA) is 54.4 Å². The monoisotopic (exact) mass is 570 g/mol. The first-order valence-corrected chi connectivity index (χ1v) is 12.4. The number of nitrogens with one attached hydrogen (secondary N) is 1. The Labute approximate surface area is 217 Å². The second kappa shape index (κ2) is 14.7. The number of piperazine rings is 1. The molecule has 0 saturated carbocycles. The second-order valence-electron chi connectivity index (χ2n) is 8.93. The van der Waals surface area contributed by atoms with Gasteiger partial charge in [0.25, 0.3) is 0 Å². The van der Waals surface area contributed by atoms with Crippen molar-refractivity contribution >= 4 is 41.5 Å². The van der Waals surface area contributed by atoms with Gasteiger partial charge in [-0.15, -0.1) is 24.0 Å². The van der Waals surface area contributed by atoms with Crippen LogP contribution in [0.25, 0.3) is 0 Å². The number of unbranched alkanes of at least 4 members (excludes halogenated alkanes) is 1. The van der Waals surface area contributed by atoms with E-state index < -0.39 is 0 Å². The molecule has 1 atom stereocenters. The fourth-order valence-electron chi connectivity index (χ4n) is 4.56. The van der Waals surface area contributed by atoms with Crippen LogP contribution in [0.3, 0.4) is 0 Å². The predicted octanol–water partition coefficient (Wildman–Crippen LogP) is 3.12. The number of amides is 1. The normalized spacial score (nSPS) is 18.1. The molecule has 0 spiro atoms. The van der Waals surface area contributed by atoms with Crippen molar-refractivity contribution in [3.8, 4) is 0 Å². The molecule has 2 heterocycles. The molecule has 7 nitrogen and oxygen atoms in total. The zero-order valence-corrected chi connectivity index (χ0v) is 23.0. The van der Waals surface area contributed by atoms with E-state index in [1.54, 1.807) is 0 Å². The van der Waals surface area contributed by atoms with Gasteiger partial charge in [-0.1, -0.05) is 18.2 Å². The molecule has 1 N–H and O–H groups in total. The van der Waals surface area contributed by atoms with Gasteiger partial charge in [0.15, 0.2) is 5.96 Å². The Bertz CT molecular complexity index is 717. The largest absolute Gasteiger partial charge is 0.375 e. The quantitative estimate of drug-likeness (QED) is 0.214. The van der Waals surface area contributed by atoms with Crippen LogP contribution >= 0.6 is 24.0 Å². The third-order valence-electron chi connectivity index (χ3n) is 6.63. The van der Waals surface area contributed by atoms with Gasteiger partial charge in [-0.25, -0.2) is 0 Å². The van der Waals surface area contributed by atoms with Crippen molar-refractivity contribution < 1.29 is 4.79 Å². The Hall–Kier alpha value is -1.55. The number of hydrogen-bond donors (Lipinski definition) is 1. The minimum Gasteiger partial charge on any atom is -0.375 e. The van der Waals surface area contributed by atoms with Gasteiger partial charge in [0, 0.05) is 71.6 Å². The zero-order chi connectivity index (χ0) is 22.8. The van der Waals surface area contributed by atoms with Gasteiger partial charge in [0.05, 0.1) is 6.04 Å². The summed E-state index contributed by atoms with van der Waals surface area (Å²) in [6.07, 6.45) is 4.50. The number of nitrogens with zero attached hydrogens (tertiary/aromatic N) is 5. The first-order valence-electron chi connectivity index (χ1n) is 12.4. The molecule has 1 amide bonds. The van der Waals surface area contributed by atoms with Crippen molar-refractivity contribution in [3.05, 3.63) is 30.3 Å². The van der Waals surface area contributed by atoms with E-state index in [1.165, 1.54) is 5.69 Å². The number of likely N-dealkylation sites (tertiary alicyclic amines) is 1. The van der Waals surface area contributed by atoms with Gasteiger partial charge in [-0.2, -0.15) is 0 Å². The summed E-state index contributed by atoms with van der Waals surface area (Å²) in [5.74, 6) is 1.32. The molecule has 0 bridgehead atoms. The van der Waals surface area contributed by atoms with Crippen LogP contribution in [0.2, 0.25) is 0 Å². The number of benzene rings is 1. The van der Waals surface area contributed by atoms with Gasteiger partial charge in [-0.3, -0.25) is 14.7 Å². The fourth-order valence-corrected chi connectivity index (χ4v) is 4.56. The average Bonchev–Trinajstić information content (AvgIpc) is 3.38. The van der Waals surface area contributed by atoms with Crippen LogP contribution in [0.1, 0.15) is 39.5 Å². The summed E-state index contributed by atoms with van der Waals surface area (Å²) in [6, 6.07) is 10.5. The summed E-state index contributed by atoms with van der Waals surface area (Å²) in [5, 5.41) is 3.46.